The minimum Gasteiger partial charge on any atom is -0.351 e. The number of likely N-dealkylation sites (tertiary alicyclic amines) is 1. The second kappa shape index (κ2) is 5.68. The summed E-state index contributed by atoms with van der Waals surface area (Å²) in [6, 6.07) is 7.63. The maximum absolute atomic E-state index is 12.3. The van der Waals surface area contributed by atoms with Crippen molar-refractivity contribution in [3.8, 4) is 0 Å². The van der Waals surface area contributed by atoms with E-state index in [0.29, 0.717) is 30.7 Å². The largest absolute Gasteiger partial charge is 0.351 e. The Hall–Kier alpha value is -2.17. The molecule has 0 saturated carbocycles. The zero-order chi connectivity index (χ0) is 14.8. The predicted molar refractivity (Wildman–Crippen MR) is 77.9 cm³/mol. The third-order valence-electron chi connectivity index (χ3n) is 3.66. The van der Waals surface area contributed by atoms with Crippen molar-refractivity contribution in [2.24, 2.45) is 5.92 Å². The zero-order valence-electron chi connectivity index (χ0n) is 12.3. The first kappa shape index (κ1) is 13.8. The SMILES string of the molecule is CC(C)Cc1cc(C(=O)N2CC(c3ccccn3)C2)on1. The highest BCUT2D eigenvalue weighted by Crippen LogP contribution is 2.27. The molecule has 0 bridgehead atoms. The third-order valence-corrected chi connectivity index (χ3v) is 3.66. The van der Waals surface area contributed by atoms with Crippen LogP contribution in [0.4, 0.5) is 0 Å². The van der Waals surface area contributed by atoms with Crippen LogP contribution >= 0.6 is 0 Å². The van der Waals surface area contributed by atoms with Crippen LogP contribution in [0.15, 0.2) is 35.0 Å². The summed E-state index contributed by atoms with van der Waals surface area (Å²) in [6.07, 6.45) is 2.61. The number of carbonyl (C=O) groups excluding carboxylic acids is 1. The molecule has 0 spiro atoms. The fraction of sp³-hybridized carbons (Fsp3) is 0.438. The topological polar surface area (TPSA) is 59.2 Å². The van der Waals surface area contributed by atoms with Crippen LogP contribution in [-0.2, 0) is 6.42 Å². The number of nitrogens with zero attached hydrogens (tertiary/aromatic N) is 3. The van der Waals surface area contributed by atoms with Crippen LogP contribution in [0.2, 0.25) is 0 Å². The lowest BCUT2D eigenvalue weighted by atomic mass is 9.95. The molecule has 1 aliphatic rings. The number of aromatic nitrogens is 2. The van der Waals surface area contributed by atoms with Gasteiger partial charge >= 0.3 is 0 Å². The maximum atomic E-state index is 12.3. The number of rotatable bonds is 4. The average molecular weight is 285 g/mol. The van der Waals surface area contributed by atoms with E-state index in [1.165, 1.54) is 0 Å². The highest BCUT2D eigenvalue weighted by molar-refractivity contribution is 5.92. The highest BCUT2D eigenvalue weighted by atomic mass is 16.5. The van der Waals surface area contributed by atoms with E-state index in [-0.39, 0.29) is 5.91 Å². The molecule has 3 heterocycles. The first-order valence-electron chi connectivity index (χ1n) is 7.29. The fourth-order valence-corrected chi connectivity index (χ4v) is 2.53. The number of hydrogen-bond acceptors (Lipinski definition) is 4. The molecule has 1 fully saturated rings. The van der Waals surface area contributed by atoms with E-state index in [4.69, 9.17) is 4.52 Å². The molecule has 5 nitrogen and oxygen atoms in total. The summed E-state index contributed by atoms with van der Waals surface area (Å²) >= 11 is 0. The van der Waals surface area contributed by atoms with Gasteiger partial charge in [0.05, 0.1) is 5.69 Å². The number of amides is 1. The molecule has 1 amide bonds. The van der Waals surface area contributed by atoms with Crippen LogP contribution in [0.3, 0.4) is 0 Å². The van der Waals surface area contributed by atoms with E-state index in [1.54, 1.807) is 17.2 Å². The molecule has 1 saturated heterocycles. The highest BCUT2D eigenvalue weighted by Gasteiger charge is 2.34. The van der Waals surface area contributed by atoms with Crippen molar-refractivity contribution >= 4 is 5.91 Å². The quantitative estimate of drug-likeness (QED) is 0.866. The molecule has 0 aromatic carbocycles. The van der Waals surface area contributed by atoms with Crippen molar-refractivity contribution in [1.29, 1.82) is 0 Å². The van der Waals surface area contributed by atoms with Crippen LogP contribution in [-0.4, -0.2) is 34.0 Å². The van der Waals surface area contributed by atoms with E-state index in [1.807, 2.05) is 18.2 Å². The second-order valence-corrected chi connectivity index (χ2v) is 5.94. The first-order chi connectivity index (χ1) is 10.1. The van der Waals surface area contributed by atoms with Gasteiger partial charge in [-0.3, -0.25) is 9.78 Å². The van der Waals surface area contributed by atoms with Crippen molar-refractivity contribution in [2.45, 2.75) is 26.2 Å². The Balaban J connectivity index is 1.59. The Bertz CT molecular complexity index is 615. The van der Waals surface area contributed by atoms with E-state index in [0.717, 1.165) is 17.8 Å². The van der Waals surface area contributed by atoms with Gasteiger partial charge in [-0.1, -0.05) is 25.1 Å². The summed E-state index contributed by atoms with van der Waals surface area (Å²) in [4.78, 5) is 18.4. The zero-order valence-corrected chi connectivity index (χ0v) is 12.3. The van der Waals surface area contributed by atoms with Gasteiger partial charge in [0.25, 0.3) is 5.91 Å². The molecule has 110 valence electrons. The molecule has 1 aliphatic heterocycles. The van der Waals surface area contributed by atoms with E-state index < -0.39 is 0 Å². The van der Waals surface area contributed by atoms with Gasteiger partial charge in [0.2, 0.25) is 5.76 Å². The second-order valence-electron chi connectivity index (χ2n) is 5.94. The first-order valence-corrected chi connectivity index (χ1v) is 7.29. The molecular weight excluding hydrogens is 266 g/mol. The fourth-order valence-electron chi connectivity index (χ4n) is 2.53. The predicted octanol–water partition coefficient (Wildman–Crippen LogP) is 2.51. The monoisotopic (exact) mass is 285 g/mol. The van der Waals surface area contributed by atoms with Crippen molar-refractivity contribution in [3.05, 3.63) is 47.6 Å². The lowest BCUT2D eigenvalue weighted by molar-refractivity contribution is 0.0556. The molecule has 3 rings (SSSR count). The van der Waals surface area contributed by atoms with Crippen molar-refractivity contribution in [2.75, 3.05) is 13.1 Å². The molecule has 0 radical (unpaired) electrons. The Kier molecular flexibility index (Phi) is 3.73. The molecule has 0 aliphatic carbocycles. The lowest BCUT2D eigenvalue weighted by Crippen LogP contribution is -2.48. The standard InChI is InChI=1S/C16H19N3O2/c1-11(2)7-13-8-15(21-18-13)16(20)19-9-12(10-19)14-5-3-4-6-17-14/h3-6,8,11-12H,7,9-10H2,1-2H3. The van der Waals surface area contributed by atoms with Gasteiger partial charge in [0.1, 0.15) is 0 Å². The number of hydrogen-bond donors (Lipinski definition) is 0. The number of carbonyl (C=O) groups is 1. The summed E-state index contributed by atoms with van der Waals surface area (Å²) in [7, 11) is 0. The molecule has 0 atom stereocenters. The molecule has 2 aromatic rings. The lowest BCUT2D eigenvalue weighted by Gasteiger charge is -2.38. The van der Waals surface area contributed by atoms with Gasteiger partial charge in [-0.25, -0.2) is 0 Å². The summed E-state index contributed by atoms with van der Waals surface area (Å²) in [5.41, 5.74) is 1.88. The Morgan fingerprint density at radius 1 is 1.43 bits per heavy atom. The van der Waals surface area contributed by atoms with E-state index in [9.17, 15) is 4.79 Å². The van der Waals surface area contributed by atoms with Gasteiger partial charge in [-0.2, -0.15) is 0 Å². The Morgan fingerprint density at radius 2 is 2.24 bits per heavy atom. The van der Waals surface area contributed by atoms with E-state index in [2.05, 4.69) is 24.0 Å². The summed E-state index contributed by atoms with van der Waals surface area (Å²) in [5, 5.41) is 3.96. The number of pyridine rings is 1. The maximum Gasteiger partial charge on any atom is 0.292 e. The van der Waals surface area contributed by atoms with Crippen LogP contribution in [0.5, 0.6) is 0 Å². The minimum absolute atomic E-state index is 0.0790. The van der Waals surface area contributed by atoms with Gasteiger partial charge in [0, 0.05) is 37.0 Å². The summed E-state index contributed by atoms with van der Waals surface area (Å²) in [6.45, 7) is 5.61. The normalized spacial score (nSPS) is 15.3. The Labute approximate surface area is 124 Å². The summed E-state index contributed by atoms with van der Waals surface area (Å²) in [5.74, 6) is 1.08. The molecule has 2 aromatic heterocycles. The average Bonchev–Trinajstić information content (AvgIpc) is 2.86. The van der Waals surface area contributed by atoms with Crippen LogP contribution in [0.1, 0.15) is 41.7 Å². The molecule has 21 heavy (non-hydrogen) atoms. The summed E-state index contributed by atoms with van der Waals surface area (Å²) < 4.78 is 5.17. The smallest absolute Gasteiger partial charge is 0.292 e. The molecule has 0 N–H and O–H groups in total. The van der Waals surface area contributed by atoms with Gasteiger partial charge in [-0.15, -0.1) is 0 Å². The van der Waals surface area contributed by atoms with Crippen LogP contribution < -0.4 is 0 Å². The van der Waals surface area contributed by atoms with E-state index >= 15 is 0 Å². The minimum atomic E-state index is -0.0790. The van der Waals surface area contributed by atoms with Crippen molar-refractivity contribution < 1.29 is 9.32 Å². The van der Waals surface area contributed by atoms with Gasteiger partial charge in [0.15, 0.2) is 0 Å². The van der Waals surface area contributed by atoms with Crippen LogP contribution in [0, 0.1) is 5.92 Å². The Morgan fingerprint density at radius 3 is 2.90 bits per heavy atom. The molecular formula is C16H19N3O2. The molecule has 0 unspecified atom stereocenters. The van der Waals surface area contributed by atoms with Gasteiger partial charge in [-0.05, 0) is 24.5 Å². The van der Waals surface area contributed by atoms with Crippen molar-refractivity contribution in [3.63, 3.8) is 0 Å². The third kappa shape index (κ3) is 2.96. The van der Waals surface area contributed by atoms with Gasteiger partial charge < -0.3 is 9.42 Å². The molecule has 5 heteroatoms. The van der Waals surface area contributed by atoms with Crippen LogP contribution in [0.25, 0.3) is 0 Å². The van der Waals surface area contributed by atoms with Crippen molar-refractivity contribution in [1.82, 2.24) is 15.0 Å².